The Bertz CT molecular complexity index is 1530. The van der Waals surface area contributed by atoms with E-state index in [0.717, 1.165) is 11.0 Å². The molecule has 0 saturated carbocycles. The molecule has 6 rings (SSSR count). The van der Waals surface area contributed by atoms with Gasteiger partial charge in [0.25, 0.3) is 0 Å². The van der Waals surface area contributed by atoms with Crippen LogP contribution in [0.1, 0.15) is 0 Å². The van der Waals surface area contributed by atoms with Gasteiger partial charge in [-0.25, -0.2) is 4.98 Å². The molecule has 0 amide bonds. The lowest BCUT2D eigenvalue weighted by Gasteiger charge is -2.12. The maximum atomic E-state index is 4.48. The molecule has 2 nitrogen and oxygen atoms in total. The second-order valence-electron chi connectivity index (χ2n) is 7.59. The van der Waals surface area contributed by atoms with Gasteiger partial charge in [0.2, 0.25) is 5.52 Å². The van der Waals surface area contributed by atoms with E-state index >= 15 is 0 Å². The first kappa shape index (κ1) is 16.2. The zero-order valence-corrected chi connectivity index (χ0v) is 16.1. The minimum Gasteiger partial charge on any atom is -0.244 e. The van der Waals surface area contributed by atoms with Gasteiger partial charge >= 0.3 is 0 Å². The molecule has 5 aromatic carbocycles. The molecule has 6 aromatic rings. The maximum Gasteiger partial charge on any atom is 0.231 e. The Balaban J connectivity index is 1.69. The van der Waals surface area contributed by atoms with Crippen LogP contribution in [0.5, 0.6) is 0 Å². The Labute approximate surface area is 168 Å². The average Bonchev–Trinajstić information content (AvgIpc) is 2.79. The van der Waals surface area contributed by atoms with Crippen LogP contribution in [0.2, 0.25) is 0 Å². The van der Waals surface area contributed by atoms with Crippen LogP contribution in [0.3, 0.4) is 0 Å². The van der Waals surface area contributed by atoms with Crippen molar-refractivity contribution in [3.05, 3.63) is 97.3 Å². The van der Waals surface area contributed by atoms with E-state index in [0.29, 0.717) is 0 Å². The molecule has 29 heavy (non-hydrogen) atoms. The molecule has 0 radical (unpaired) electrons. The van der Waals surface area contributed by atoms with Crippen molar-refractivity contribution in [1.29, 1.82) is 0 Å². The fraction of sp³-hybridized carbons (Fsp3) is 0.0370. The van der Waals surface area contributed by atoms with E-state index in [2.05, 4.69) is 102 Å². The number of hydrogen-bond donors (Lipinski definition) is 0. The van der Waals surface area contributed by atoms with Crippen molar-refractivity contribution >= 4 is 43.4 Å². The molecule has 0 N–H and O–H groups in total. The first-order valence-electron chi connectivity index (χ1n) is 9.87. The molecule has 0 atom stereocenters. The van der Waals surface area contributed by atoms with Gasteiger partial charge in [0.1, 0.15) is 12.6 Å². The summed E-state index contributed by atoms with van der Waals surface area (Å²) in [7, 11) is 2.06. The van der Waals surface area contributed by atoms with Crippen LogP contribution in [0.4, 0.5) is 0 Å². The topological polar surface area (TPSA) is 16.8 Å². The molecule has 0 bridgehead atoms. The first-order valence-corrected chi connectivity index (χ1v) is 9.87. The highest BCUT2D eigenvalue weighted by Gasteiger charge is 2.11. The zero-order chi connectivity index (χ0) is 19.4. The van der Waals surface area contributed by atoms with Crippen molar-refractivity contribution in [3.63, 3.8) is 0 Å². The quantitative estimate of drug-likeness (QED) is 0.249. The van der Waals surface area contributed by atoms with Crippen LogP contribution >= 0.6 is 0 Å². The Morgan fingerprint density at radius 1 is 0.586 bits per heavy atom. The normalized spacial score (nSPS) is 11.6. The Morgan fingerprint density at radius 2 is 1.14 bits per heavy atom. The largest absolute Gasteiger partial charge is 0.244 e. The summed E-state index contributed by atoms with van der Waals surface area (Å²) in [6, 6.07) is 30.8. The fourth-order valence-corrected chi connectivity index (χ4v) is 4.48. The van der Waals surface area contributed by atoms with Crippen LogP contribution in [0.15, 0.2) is 97.3 Å². The van der Waals surface area contributed by atoms with E-state index in [1.165, 1.54) is 43.4 Å². The Hall–Kier alpha value is -3.78. The van der Waals surface area contributed by atoms with E-state index in [1.54, 1.807) is 0 Å². The van der Waals surface area contributed by atoms with Crippen molar-refractivity contribution in [2.45, 2.75) is 0 Å². The van der Waals surface area contributed by atoms with E-state index in [-0.39, 0.29) is 0 Å². The van der Waals surface area contributed by atoms with Crippen LogP contribution in [0.25, 0.3) is 54.5 Å². The first-order chi connectivity index (χ1) is 14.3. The van der Waals surface area contributed by atoms with E-state index in [1.807, 2.05) is 12.4 Å². The number of fused-ring (bicyclic) bond motifs is 7. The summed E-state index contributed by atoms with van der Waals surface area (Å²) < 4.78 is 2.12. The minimum absolute atomic E-state index is 1.01. The third-order valence-corrected chi connectivity index (χ3v) is 5.94. The maximum absolute atomic E-state index is 4.48. The predicted molar refractivity (Wildman–Crippen MR) is 121 cm³/mol. The third-order valence-electron chi connectivity index (χ3n) is 5.94. The molecular formula is C27H19N2+. The number of hydrogen-bond acceptors (Lipinski definition) is 1. The van der Waals surface area contributed by atoms with Gasteiger partial charge in [0, 0.05) is 6.07 Å². The summed E-state index contributed by atoms with van der Waals surface area (Å²) in [6.07, 6.45) is 3.83. The smallest absolute Gasteiger partial charge is 0.231 e. The summed E-state index contributed by atoms with van der Waals surface area (Å²) in [5, 5.41) is 7.83. The Kier molecular flexibility index (Phi) is 3.41. The summed E-state index contributed by atoms with van der Waals surface area (Å²) in [6.45, 7) is 0. The van der Waals surface area contributed by atoms with Gasteiger partial charge in [-0.2, -0.15) is 4.57 Å². The minimum atomic E-state index is 1.01. The molecule has 0 fully saturated rings. The van der Waals surface area contributed by atoms with Gasteiger partial charge in [0.05, 0.1) is 6.20 Å². The average molecular weight is 371 g/mol. The van der Waals surface area contributed by atoms with Gasteiger partial charge in [0.15, 0.2) is 6.20 Å². The molecule has 1 aromatic heterocycles. The molecule has 0 saturated heterocycles. The molecule has 0 aliphatic rings. The summed E-state index contributed by atoms with van der Waals surface area (Å²) in [5.74, 6) is 0. The summed E-state index contributed by atoms with van der Waals surface area (Å²) in [5.41, 5.74) is 4.58. The van der Waals surface area contributed by atoms with Crippen LogP contribution in [-0.4, -0.2) is 4.98 Å². The second-order valence-corrected chi connectivity index (χ2v) is 7.59. The van der Waals surface area contributed by atoms with E-state index in [9.17, 15) is 0 Å². The molecular weight excluding hydrogens is 352 g/mol. The van der Waals surface area contributed by atoms with Gasteiger partial charge in [-0.3, -0.25) is 0 Å². The molecule has 2 heteroatoms. The van der Waals surface area contributed by atoms with Gasteiger partial charge < -0.3 is 0 Å². The van der Waals surface area contributed by atoms with E-state index in [4.69, 9.17) is 0 Å². The third kappa shape index (κ3) is 2.43. The number of benzene rings is 5. The molecule has 0 spiro atoms. The standard InChI is InChI=1S/C27H19N2/c1-29-15-14-28-26-13-11-19(17-27(26)29)18-10-12-24-22-8-3-2-6-20(22)21-7-4-5-9-23(21)25(24)16-18/h2-17H,1H3/q+1. The lowest BCUT2D eigenvalue weighted by atomic mass is 9.92. The highest BCUT2D eigenvalue weighted by molar-refractivity contribution is 6.25. The summed E-state index contributed by atoms with van der Waals surface area (Å²) in [4.78, 5) is 4.48. The molecule has 136 valence electrons. The monoisotopic (exact) mass is 371 g/mol. The van der Waals surface area contributed by atoms with Crippen molar-refractivity contribution in [2.75, 3.05) is 0 Å². The highest BCUT2D eigenvalue weighted by Crippen LogP contribution is 2.37. The second kappa shape index (κ2) is 6.11. The number of aryl methyl sites for hydroxylation is 1. The highest BCUT2D eigenvalue weighted by atomic mass is 14.9. The SMILES string of the molecule is C[n+]1ccnc2ccc(-c3ccc4c5ccccc5c5ccccc5c4c3)cc21. The molecule has 0 unspecified atom stereocenters. The molecule has 0 aliphatic heterocycles. The number of aromatic nitrogens is 2. The summed E-state index contributed by atoms with van der Waals surface area (Å²) >= 11 is 0. The van der Waals surface area contributed by atoms with Gasteiger partial charge in [-0.05, 0) is 55.6 Å². The predicted octanol–water partition coefficient (Wildman–Crippen LogP) is 6.19. The van der Waals surface area contributed by atoms with Gasteiger partial charge in [-0.15, -0.1) is 0 Å². The number of rotatable bonds is 1. The lowest BCUT2D eigenvalue weighted by Crippen LogP contribution is -2.28. The van der Waals surface area contributed by atoms with Crippen LogP contribution < -0.4 is 4.57 Å². The molecule has 0 aliphatic carbocycles. The lowest BCUT2D eigenvalue weighted by molar-refractivity contribution is -0.645. The van der Waals surface area contributed by atoms with Crippen LogP contribution in [0, 0.1) is 0 Å². The van der Waals surface area contributed by atoms with Crippen LogP contribution in [-0.2, 0) is 7.05 Å². The van der Waals surface area contributed by atoms with Crippen molar-refractivity contribution in [2.24, 2.45) is 7.05 Å². The van der Waals surface area contributed by atoms with Crippen molar-refractivity contribution < 1.29 is 4.57 Å². The molecule has 1 heterocycles. The van der Waals surface area contributed by atoms with E-state index < -0.39 is 0 Å². The number of nitrogens with zero attached hydrogens (tertiary/aromatic N) is 2. The van der Waals surface area contributed by atoms with Gasteiger partial charge in [-0.1, -0.05) is 66.7 Å². The zero-order valence-electron chi connectivity index (χ0n) is 16.1. The van der Waals surface area contributed by atoms with Crippen molar-refractivity contribution in [3.8, 4) is 11.1 Å². The van der Waals surface area contributed by atoms with Crippen molar-refractivity contribution in [1.82, 2.24) is 4.98 Å². The fourth-order valence-electron chi connectivity index (χ4n) is 4.48. The Morgan fingerprint density at radius 3 is 1.83 bits per heavy atom.